The van der Waals surface area contributed by atoms with Crippen LogP contribution < -0.4 is 5.32 Å². The van der Waals surface area contributed by atoms with Crippen molar-refractivity contribution >= 4 is 6.09 Å². The zero-order valence-electron chi connectivity index (χ0n) is 4.51. The lowest BCUT2D eigenvalue weighted by molar-refractivity contribution is 0.0770. The lowest BCUT2D eigenvalue weighted by Crippen LogP contribution is -2.27. The van der Waals surface area contributed by atoms with Gasteiger partial charge in [-0.05, 0) is 0 Å². The van der Waals surface area contributed by atoms with Crippen LogP contribution in [0.2, 0.25) is 0 Å². The van der Waals surface area contributed by atoms with Crippen LogP contribution in [-0.4, -0.2) is 26.0 Å². The average molecular weight is 117 g/mol. The summed E-state index contributed by atoms with van der Waals surface area (Å²) in [4.78, 5) is 10.2. The molecule has 0 unspecified atom stereocenters. The van der Waals surface area contributed by atoms with Gasteiger partial charge in [0.25, 0.3) is 0 Å². The molecule has 8 heavy (non-hydrogen) atoms. The van der Waals surface area contributed by atoms with E-state index in [0.29, 0.717) is 6.61 Å². The van der Waals surface area contributed by atoms with Gasteiger partial charge in [0.05, 0.1) is 0 Å². The summed E-state index contributed by atoms with van der Waals surface area (Å²) < 4.78 is 9.21. The molecule has 1 saturated heterocycles. The zero-order chi connectivity index (χ0) is 5.98. The number of rotatable bonds is 1. The molecule has 4 nitrogen and oxygen atoms in total. The fourth-order valence-corrected chi connectivity index (χ4v) is 0.493. The standard InChI is InChI=1S/C4H7NO3/c1-7-3-2-8-4(6)5-3/h3H,2H2,1H3,(H,5,6)/t3-/m1/s1. The Balaban J connectivity index is 2.32. The average Bonchev–Trinajstić information content (AvgIpc) is 2.14. The molecule has 0 aliphatic carbocycles. The van der Waals surface area contributed by atoms with Crippen LogP contribution in [0.25, 0.3) is 0 Å². The summed E-state index contributed by atoms with van der Waals surface area (Å²) in [5.41, 5.74) is 0. The van der Waals surface area contributed by atoms with Crippen LogP contribution in [-0.2, 0) is 9.47 Å². The van der Waals surface area contributed by atoms with Gasteiger partial charge in [0.2, 0.25) is 0 Å². The molecule has 1 fully saturated rings. The summed E-state index contributed by atoms with van der Waals surface area (Å²) in [7, 11) is 1.51. The van der Waals surface area contributed by atoms with E-state index in [1.807, 2.05) is 0 Å². The molecule has 1 N–H and O–H groups in total. The molecule has 1 aliphatic heterocycles. The molecule has 0 aromatic heterocycles. The van der Waals surface area contributed by atoms with Crippen LogP contribution in [0.5, 0.6) is 0 Å². The van der Waals surface area contributed by atoms with E-state index < -0.39 is 6.09 Å². The maximum absolute atomic E-state index is 10.2. The van der Waals surface area contributed by atoms with Gasteiger partial charge in [-0.25, -0.2) is 4.79 Å². The summed E-state index contributed by atoms with van der Waals surface area (Å²) in [6.45, 7) is 0.315. The van der Waals surface area contributed by atoms with E-state index in [2.05, 4.69) is 10.1 Å². The molecule has 0 saturated carbocycles. The number of carbonyl (C=O) groups is 1. The summed E-state index contributed by atoms with van der Waals surface area (Å²) in [6, 6.07) is 0. The highest BCUT2D eigenvalue weighted by molar-refractivity contribution is 5.69. The van der Waals surface area contributed by atoms with Gasteiger partial charge in [0.1, 0.15) is 6.61 Å². The summed E-state index contributed by atoms with van der Waals surface area (Å²) in [6.07, 6.45) is -0.653. The number of hydrogen-bond acceptors (Lipinski definition) is 3. The predicted molar refractivity (Wildman–Crippen MR) is 25.3 cm³/mol. The molecule has 0 bridgehead atoms. The fourth-order valence-electron chi connectivity index (χ4n) is 0.493. The lowest BCUT2D eigenvalue weighted by atomic mass is 10.6. The zero-order valence-corrected chi connectivity index (χ0v) is 4.51. The van der Waals surface area contributed by atoms with Crippen LogP contribution >= 0.6 is 0 Å². The molecule has 1 rings (SSSR count). The van der Waals surface area contributed by atoms with Crippen molar-refractivity contribution in [1.29, 1.82) is 0 Å². The SMILES string of the molecule is CO[C@@H]1COC(=O)N1. The summed E-state index contributed by atoms with van der Waals surface area (Å²) >= 11 is 0. The number of nitrogens with one attached hydrogen (secondary N) is 1. The van der Waals surface area contributed by atoms with Crippen LogP contribution in [0.1, 0.15) is 0 Å². The highest BCUT2D eigenvalue weighted by Gasteiger charge is 2.20. The van der Waals surface area contributed by atoms with E-state index in [1.54, 1.807) is 0 Å². The van der Waals surface area contributed by atoms with Gasteiger partial charge < -0.3 is 9.47 Å². The maximum atomic E-state index is 10.2. The van der Waals surface area contributed by atoms with E-state index in [-0.39, 0.29) is 6.23 Å². The molecular weight excluding hydrogens is 110 g/mol. The molecule has 0 radical (unpaired) electrons. The van der Waals surface area contributed by atoms with E-state index >= 15 is 0 Å². The van der Waals surface area contributed by atoms with Crippen LogP contribution in [0.3, 0.4) is 0 Å². The highest BCUT2D eigenvalue weighted by atomic mass is 16.6. The molecule has 0 aromatic rings. The first-order valence-electron chi connectivity index (χ1n) is 2.29. The monoisotopic (exact) mass is 117 g/mol. The van der Waals surface area contributed by atoms with Crippen molar-refractivity contribution < 1.29 is 14.3 Å². The Kier molecular flexibility index (Phi) is 1.34. The normalized spacial score (nSPS) is 27.1. The smallest absolute Gasteiger partial charge is 0.409 e. The number of hydrogen-bond donors (Lipinski definition) is 1. The van der Waals surface area contributed by atoms with Crippen molar-refractivity contribution in [2.75, 3.05) is 13.7 Å². The third-order valence-corrected chi connectivity index (χ3v) is 0.929. The number of alkyl carbamates (subject to hydrolysis) is 1. The Hall–Kier alpha value is -0.770. The van der Waals surface area contributed by atoms with E-state index in [4.69, 9.17) is 4.74 Å². The van der Waals surface area contributed by atoms with E-state index in [9.17, 15) is 4.79 Å². The second-order valence-corrected chi connectivity index (χ2v) is 1.47. The van der Waals surface area contributed by atoms with E-state index in [0.717, 1.165) is 0 Å². The van der Waals surface area contributed by atoms with Crippen molar-refractivity contribution in [3.05, 3.63) is 0 Å². The van der Waals surface area contributed by atoms with Crippen molar-refractivity contribution in [3.63, 3.8) is 0 Å². The van der Waals surface area contributed by atoms with Gasteiger partial charge in [-0.2, -0.15) is 0 Å². The molecule has 4 heteroatoms. The lowest BCUT2D eigenvalue weighted by Gasteiger charge is -2.00. The first-order chi connectivity index (χ1) is 3.83. The minimum atomic E-state index is -0.406. The summed E-state index contributed by atoms with van der Waals surface area (Å²) in [5.74, 6) is 0. The van der Waals surface area contributed by atoms with Gasteiger partial charge in [0.15, 0.2) is 6.23 Å². The second kappa shape index (κ2) is 2.00. The number of ether oxygens (including phenoxy) is 2. The second-order valence-electron chi connectivity index (χ2n) is 1.47. The van der Waals surface area contributed by atoms with Crippen molar-refractivity contribution in [1.82, 2.24) is 5.32 Å². The van der Waals surface area contributed by atoms with Crippen molar-refractivity contribution in [2.24, 2.45) is 0 Å². The number of methoxy groups -OCH3 is 1. The van der Waals surface area contributed by atoms with Crippen LogP contribution in [0, 0.1) is 0 Å². The minimum absolute atomic E-state index is 0.248. The molecule has 1 heterocycles. The molecule has 1 amide bonds. The van der Waals surface area contributed by atoms with Crippen molar-refractivity contribution in [2.45, 2.75) is 6.23 Å². The molecule has 0 spiro atoms. The van der Waals surface area contributed by atoms with Crippen LogP contribution in [0.15, 0.2) is 0 Å². The Morgan fingerprint density at radius 2 is 2.75 bits per heavy atom. The highest BCUT2D eigenvalue weighted by Crippen LogP contribution is 1.95. The summed E-state index contributed by atoms with van der Waals surface area (Å²) in [5, 5.41) is 2.42. The Morgan fingerprint density at radius 1 is 2.00 bits per heavy atom. The van der Waals surface area contributed by atoms with Gasteiger partial charge in [-0.1, -0.05) is 0 Å². The topological polar surface area (TPSA) is 47.6 Å². The maximum Gasteiger partial charge on any atom is 0.409 e. The van der Waals surface area contributed by atoms with Crippen LogP contribution in [0.4, 0.5) is 4.79 Å². The first-order valence-corrected chi connectivity index (χ1v) is 2.29. The number of cyclic esters (lactones) is 1. The Bertz CT molecular complexity index is 103. The third kappa shape index (κ3) is 0.894. The number of carbonyl (C=O) groups excluding carboxylic acids is 1. The van der Waals surface area contributed by atoms with Gasteiger partial charge in [-0.3, -0.25) is 5.32 Å². The predicted octanol–water partition coefficient (Wildman–Crippen LogP) is -0.301. The Morgan fingerprint density at radius 3 is 3.00 bits per heavy atom. The number of amides is 1. The third-order valence-electron chi connectivity index (χ3n) is 0.929. The van der Waals surface area contributed by atoms with Gasteiger partial charge in [0, 0.05) is 7.11 Å². The largest absolute Gasteiger partial charge is 0.445 e. The molecule has 0 aromatic carbocycles. The fraction of sp³-hybridized carbons (Fsp3) is 0.750. The minimum Gasteiger partial charge on any atom is -0.445 e. The van der Waals surface area contributed by atoms with Gasteiger partial charge >= 0.3 is 6.09 Å². The van der Waals surface area contributed by atoms with Gasteiger partial charge in [-0.15, -0.1) is 0 Å². The molecular formula is C4H7NO3. The van der Waals surface area contributed by atoms with E-state index in [1.165, 1.54) is 7.11 Å². The Labute approximate surface area is 46.8 Å². The molecule has 1 aliphatic rings. The van der Waals surface area contributed by atoms with Crippen molar-refractivity contribution in [3.8, 4) is 0 Å². The molecule has 46 valence electrons. The quantitative estimate of drug-likeness (QED) is 0.513. The molecule has 1 atom stereocenters. The first kappa shape index (κ1) is 5.37.